The van der Waals surface area contributed by atoms with Crippen molar-refractivity contribution in [2.75, 3.05) is 17.7 Å². The van der Waals surface area contributed by atoms with E-state index >= 15 is 0 Å². The predicted octanol–water partition coefficient (Wildman–Crippen LogP) is 5.30. The lowest BCUT2D eigenvalue weighted by Crippen LogP contribution is -2.32. The first kappa shape index (κ1) is 21.0. The molecular formula is C21H17ClN2O3S3. The molecule has 4 aromatic rings. The fourth-order valence-electron chi connectivity index (χ4n) is 2.98. The highest BCUT2D eigenvalue weighted by molar-refractivity contribution is 7.90. The van der Waals surface area contributed by atoms with Gasteiger partial charge in [-0.05, 0) is 54.3 Å². The van der Waals surface area contributed by atoms with Crippen molar-refractivity contribution in [3.8, 4) is 0 Å². The number of amides is 1. The van der Waals surface area contributed by atoms with Gasteiger partial charge in [0.2, 0.25) is 0 Å². The summed E-state index contributed by atoms with van der Waals surface area (Å²) >= 11 is 9.02. The zero-order chi connectivity index (χ0) is 21.3. The Labute approximate surface area is 187 Å². The minimum absolute atomic E-state index is 0.198. The highest BCUT2D eigenvalue weighted by Gasteiger charge is 2.22. The molecule has 154 valence electrons. The Morgan fingerprint density at radius 3 is 2.67 bits per heavy atom. The van der Waals surface area contributed by atoms with Gasteiger partial charge >= 0.3 is 0 Å². The van der Waals surface area contributed by atoms with E-state index in [2.05, 4.69) is 4.98 Å². The summed E-state index contributed by atoms with van der Waals surface area (Å²) in [7, 11) is -3.32. The number of fused-ring (bicyclic) bond motifs is 1. The molecule has 0 fully saturated rings. The minimum Gasteiger partial charge on any atom is -0.284 e. The zero-order valence-corrected chi connectivity index (χ0v) is 19.1. The fraction of sp³-hybridized carbons (Fsp3) is 0.143. The van der Waals surface area contributed by atoms with Gasteiger partial charge in [0.25, 0.3) is 5.91 Å². The molecule has 30 heavy (non-hydrogen) atoms. The van der Waals surface area contributed by atoms with Crippen molar-refractivity contribution in [3.05, 3.63) is 75.4 Å². The highest BCUT2D eigenvalue weighted by atomic mass is 35.5. The maximum absolute atomic E-state index is 13.3. The van der Waals surface area contributed by atoms with Gasteiger partial charge in [0.15, 0.2) is 15.0 Å². The van der Waals surface area contributed by atoms with Crippen LogP contribution in [0.3, 0.4) is 0 Å². The molecule has 2 aromatic carbocycles. The molecule has 0 aliphatic heterocycles. The van der Waals surface area contributed by atoms with Crippen LogP contribution in [0, 0.1) is 0 Å². The number of thiazole rings is 1. The summed E-state index contributed by atoms with van der Waals surface area (Å²) in [6.45, 7) is 0.449. The number of hydrogen-bond acceptors (Lipinski definition) is 6. The van der Waals surface area contributed by atoms with Crippen LogP contribution in [0.4, 0.5) is 5.13 Å². The summed E-state index contributed by atoms with van der Waals surface area (Å²) in [5, 5.41) is 3.02. The third kappa shape index (κ3) is 4.57. The topological polar surface area (TPSA) is 67.3 Å². The number of benzene rings is 2. The van der Waals surface area contributed by atoms with E-state index in [1.807, 2.05) is 17.5 Å². The van der Waals surface area contributed by atoms with E-state index in [0.717, 1.165) is 0 Å². The van der Waals surface area contributed by atoms with Crippen molar-refractivity contribution in [2.24, 2.45) is 0 Å². The molecule has 0 unspecified atom stereocenters. The third-order valence-corrected chi connectivity index (χ3v) is 7.81. The lowest BCUT2D eigenvalue weighted by molar-refractivity contribution is 0.0987. The van der Waals surface area contributed by atoms with Gasteiger partial charge in [-0.2, -0.15) is 0 Å². The molecule has 2 heterocycles. The van der Waals surface area contributed by atoms with E-state index < -0.39 is 9.84 Å². The van der Waals surface area contributed by atoms with Crippen molar-refractivity contribution in [3.63, 3.8) is 0 Å². The number of rotatable bonds is 6. The number of sulfone groups is 1. The van der Waals surface area contributed by atoms with Crippen LogP contribution in [0.5, 0.6) is 0 Å². The van der Waals surface area contributed by atoms with Crippen molar-refractivity contribution >= 4 is 65.4 Å². The van der Waals surface area contributed by atoms with Crippen LogP contribution in [0.25, 0.3) is 10.2 Å². The molecule has 0 saturated heterocycles. The van der Waals surface area contributed by atoms with Gasteiger partial charge < -0.3 is 0 Å². The first-order chi connectivity index (χ1) is 14.3. The van der Waals surface area contributed by atoms with Gasteiger partial charge in [0.1, 0.15) is 0 Å². The Bertz CT molecular complexity index is 1310. The molecule has 0 saturated carbocycles. The first-order valence-electron chi connectivity index (χ1n) is 9.02. The smallest absolute Gasteiger partial charge is 0.260 e. The van der Waals surface area contributed by atoms with Gasteiger partial charge in [0, 0.05) is 28.3 Å². The Morgan fingerprint density at radius 1 is 1.13 bits per heavy atom. The van der Waals surface area contributed by atoms with Crippen LogP contribution in [-0.4, -0.2) is 32.1 Å². The van der Waals surface area contributed by atoms with Crippen LogP contribution >= 0.6 is 34.3 Å². The highest BCUT2D eigenvalue weighted by Crippen LogP contribution is 2.32. The molecular weight excluding hydrogens is 460 g/mol. The van der Waals surface area contributed by atoms with Gasteiger partial charge in [-0.25, -0.2) is 13.4 Å². The average molecular weight is 477 g/mol. The molecule has 0 radical (unpaired) electrons. The van der Waals surface area contributed by atoms with E-state index in [1.54, 1.807) is 52.6 Å². The Balaban J connectivity index is 1.73. The van der Waals surface area contributed by atoms with Crippen LogP contribution in [0.15, 0.2) is 64.9 Å². The second-order valence-corrected chi connectivity index (χ2v) is 11.2. The number of carbonyl (C=O) groups is 1. The lowest BCUT2D eigenvalue weighted by Gasteiger charge is -2.19. The van der Waals surface area contributed by atoms with Crippen LogP contribution in [-0.2, 0) is 16.3 Å². The largest absolute Gasteiger partial charge is 0.284 e. The van der Waals surface area contributed by atoms with E-state index in [9.17, 15) is 13.2 Å². The summed E-state index contributed by atoms with van der Waals surface area (Å²) in [4.78, 5) is 20.9. The summed E-state index contributed by atoms with van der Waals surface area (Å²) in [6.07, 6.45) is 1.86. The summed E-state index contributed by atoms with van der Waals surface area (Å²) in [5.74, 6) is -0.198. The zero-order valence-electron chi connectivity index (χ0n) is 15.9. The molecule has 0 atom stereocenters. The molecule has 0 N–H and O–H groups in total. The normalized spacial score (nSPS) is 11.7. The van der Waals surface area contributed by atoms with Crippen molar-refractivity contribution < 1.29 is 13.2 Å². The number of halogens is 1. The summed E-state index contributed by atoms with van der Waals surface area (Å²) < 4.78 is 24.5. The van der Waals surface area contributed by atoms with E-state index in [-0.39, 0.29) is 10.8 Å². The second-order valence-electron chi connectivity index (χ2n) is 6.69. The monoisotopic (exact) mass is 476 g/mol. The molecule has 5 nitrogen and oxygen atoms in total. The molecule has 4 rings (SSSR count). The Morgan fingerprint density at radius 2 is 1.97 bits per heavy atom. The standard InChI is InChI=1S/C21H17ClN2O3S3/c1-30(26,27)17-7-8-18-19(13-17)29-21(23-18)24(10-9-16-6-3-11-28-16)20(25)14-4-2-5-15(22)12-14/h2-8,11-13H,9-10H2,1H3. The van der Waals surface area contributed by atoms with Crippen LogP contribution < -0.4 is 4.90 Å². The minimum atomic E-state index is -3.32. The number of aromatic nitrogens is 1. The van der Waals surface area contributed by atoms with Crippen molar-refractivity contribution in [2.45, 2.75) is 11.3 Å². The van der Waals surface area contributed by atoms with E-state index in [1.165, 1.54) is 28.5 Å². The quantitative estimate of drug-likeness (QED) is 0.378. The summed E-state index contributed by atoms with van der Waals surface area (Å²) in [6, 6.07) is 15.6. The summed E-state index contributed by atoms with van der Waals surface area (Å²) in [5.41, 5.74) is 1.13. The second kappa shape index (κ2) is 8.47. The predicted molar refractivity (Wildman–Crippen MR) is 124 cm³/mol. The fourth-order valence-corrected chi connectivity index (χ4v) is 5.62. The van der Waals surface area contributed by atoms with Gasteiger partial charge in [-0.3, -0.25) is 9.69 Å². The van der Waals surface area contributed by atoms with Gasteiger partial charge in [-0.15, -0.1) is 11.3 Å². The number of anilines is 1. The van der Waals surface area contributed by atoms with E-state index in [4.69, 9.17) is 11.6 Å². The molecule has 0 spiro atoms. The number of nitrogens with zero attached hydrogens (tertiary/aromatic N) is 2. The van der Waals surface area contributed by atoms with E-state index in [0.29, 0.717) is 38.9 Å². The van der Waals surface area contributed by atoms with Crippen LogP contribution in [0.1, 0.15) is 15.2 Å². The van der Waals surface area contributed by atoms with Crippen molar-refractivity contribution in [1.82, 2.24) is 4.98 Å². The Kier molecular flexibility index (Phi) is 5.92. The maximum atomic E-state index is 13.3. The number of hydrogen-bond donors (Lipinski definition) is 0. The average Bonchev–Trinajstić information content (AvgIpc) is 3.36. The first-order valence-corrected chi connectivity index (χ1v) is 13.0. The van der Waals surface area contributed by atoms with Gasteiger partial charge in [-0.1, -0.05) is 35.1 Å². The lowest BCUT2D eigenvalue weighted by atomic mass is 10.2. The Hall–Kier alpha value is -2.26. The van der Waals surface area contributed by atoms with Gasteiger partial charge in [0.05, 0.1) is 15.1 Å². The third-order valence-electron chi connectivity index (χ3n) is 4.49. The van der Waals surface area contributed by atoms with Crippen molar-refractivity contribution in [1.29, 1.82) is 0 Å². The molecule has 2 aromatic heterocycles. The molecule has 9 heteroatoms. The molecule has 0 bridgehead atoms. The SMILES string of the molecule is CS(=O)(=O)c1ccc2nc(N(CCc3cccs3)C(=O)c3cccc(Cl)c3)sc2c1. The van der Waals surface area contributed by atoms with Crippen LogP contribution in [0.2, 0.25) is 5.02 Å². The molecule has 1 amide bonds. The number of carbonyl (C=O) groups excluding carboxylic acids is 1. The number of thiophene rings is 1. The molecule has 0 aliphatic rings. The molecule has 0 aliphatic carbocycles. The maximum Gasteiger partial charge on any atom is 0.260 e.